The van der Waals surface area contributed by atoms with Crippen molar-refractivity contribution in [1.82, 2.24) is 0 Å². The minimum Gasteiger partial charge on any atom is -0.369 e. The third-order valence-electron chi connectivity index (χ3n) is 5.05. The second-order valence-electron chi connectivity index (χ2n) is 7.32. The first-order chi connectivity index (χ1) is 15.3. The molecular formula is C25H23N4O2S+. The zero-order chi connectivity index (χ0) is 22.7. The number of benzene rings is 3. The van der Waals surface area contributed by atoms with Crippen molar-refractivity contribution >= 4 is 16.0 Å². The van der Waals surface area contributed by atoms with Gasteiger partial charge in [0, 0.05) is 36.8 Å². The Morgan fingerprint density at radius 2 is 1.31 bits per heavy atom. The zero-order valence-corrected chi connectivity index (χ0v) is 18.3. The van der Waals surface area contributed by atoms with Crippen molar-refractivity contribution in [2.24, 2.45) is 15.9 Å². The SMILES string of the molecule is Cc1cc(-c2ccccc2)cc(-c2ccccc2)[n+]1-c1ccc(S(=O)(=O)N=C(N)N)cc1. The lowest BCUT2D eigenvalue weighted by atomic mass is 10.0. The summed E-state index contributed by atoms with van der Waals surface area (Å²) in [4.78, 5) is 0.0232. The molecule has 0 saturated heterocycles. The average Bonchev–Trinajstić information content (AvgIpc) is 2.79. The third kappa shape index (κ3) is 4.38. The first-order valence-electron chi connectivity index (χ1n) is 9.99. The lowest BCUT2D eigenvalue weighted by Crippen LogP contribution is -2.37. The van der Waals surface area contributed by atoms with E-state index in [0.717, 1.165) is 33.8 Å². The Balaban J connectivity index is 1.88. The van der Waals surface area contributed by atoms with Crippen LogP contribution in [0.1, 0.15) is 5.69 Å². The topological polar surface area (TPSA) is 102 Å². The van der Waals surface area contributed by atoms with Crippen LogP contribution < -0.4 is 16.0 Å². The standard InChI is InChI=1S/C25H23N4O2S/c1-18-16-21(19-8-4-2-5-9-19)17-24(20-10-6-3-7-11-20)29(18)22-12-14-23(15-13-22)32(30,31)28-25(26)27/h2-17H,1H3,(H4,26,27,28)/q+1. The number of nitrogens with two attached hydrogens (primary N) is 2. The number of pyridine rings is 1. The molecule has 0 aliphatic heterocycles. The van der Waals surface area contributed by atoms with Crippen molar-refractivity contribution in [2.75, 3.05) is 0 Å². The number of guanidine groups is 1. The third-order valence-corrected chi connectivity index (χ3v) is 6.36. The maximum Gasteiger partial charge on any atom is 0.285 e. The summed E-state index contributed by atoms with van der Waals surface area (Å²) in [5, 5.41) is 0. The number of hydrogen-bond donors (Lipinski definition) is 2. The second kappa shape index (κ2) is 8.64. The molecule has 6 nitrogen and oxygen atoms in total. The Morgan fingerprint density at radius 3 is 1.88 bits per heavy atom. The molecule has 0 spiro atoms. The van der Waals surface area contributed by atoms with Gasteiger partial charge < -0.3 is 11.5 Å². The van der Waals surface area contributed by atoms with Crippen LogP contribution >= 0.6 is 0 Å². The van der Waals surface area contributed by atoms with Gasteiger partial charge in [-0.15, -0.1) is 4.40 Å². The minimum atomic E-state index is -3.94. The molecule has 3 aromatic carbocycles. The molecule has 1 heterocycles. The fraction of sp³-hybridized carbons (Fsp3) is 0.0400. The van der Waals surface area contributed by atoms with Gasteiger partial charge in [-0.3, -0.25) is 0 Å². The fourth-order valence-electron chi connectivity index (χ4n) is 3.65. The van der Waals surface area contributed by atoms with Crippen molar-refractivity contribution in [1.29, 1.82) is 0 Å². The molecule has 0 saturated carbocycles. The Kier molecular flexibility index (Phi) is 5.75. The molecule has 1 aromatic heterocycles. The Bertz CT molecular complexity index is 1380. The first-order valence-corrected chi connectivity index (χ1v) is 11.4. The molecule has 160 valence electrons. The number of rotatable bonds is 5. The Hall–Kier alpha value is -3.97. The molecule has 0 unspecified atom stereocenters. The number of aromatic nitrogens is 1. The normalized spacial score (nSPS) is 11.2. The van der Waals surface area contributed by atoms with Crippen LogP contribution in [-0.4, -0.2) is 14.4 Å². The van der Waals surface area contributed by atoms with Crippen LogP contribution in [0.5, 0.6) is 0 Å². The van der Waals surface area contributed by atoms with Crippen molar-refractivity contribution in [3.05, 3.63) is 103 Å². The first kappa shape index (κ1) is 21.3. The van der Waals surface area contributed by atoms with E-state index in [1.165, 1.54) is 12.1 Å². The van der Waals surface area contributed by atoms with Crippen LogP contribution in [0.15, 0.2) is 106 Å². The van der Waals surface area contributed by atoms with Gasteiger partial charge in [0.1, 0.15) is 0 Å². The van der Waals surface area contributed by atoms with Crippen LogP contribution in [0.3, 0.4) is 0 Å². The predicted molar refractivity (Wildman–Crippen MR) is 127 cm³/mol. The van der Waals surface area contributed by atoms with Gasteiger partial charge in [-0.05, 0) is 35.4 Å². The quantitative estimate of drug-likeness (QED) is 0.280. The zero-order valence-electron chi connectivity index (χ0n) is 17.5. The van der Waals surface area contributed by atoms with Crippen LogP contribution in [0.25, 0.3) is 28.1 Å². The summed E-state index contributed by atoms with van der Waals surface area (Å²) in [5.74, 6) is -0.498. The summed E-state index contributed by atoms with van der Waals surface area (Å²) >= 11 is 0. The van der Waals surface area contributed by atoms with Crippen LogP contribution in [0.4, 0.5) is 0 Å². The van der Waals surface area contributed by atoms with Gasteiger partial charge in [0.05, 0.1) is 4.90 Å². The van der Waals surface area contributed by atoms with Gasteiger partial charge in [-0.2, -0.15) is 13.0 Å². The van der Waals surface area contributed by atoms with Gasteiger partial charge in [0.15, 0.2) is 5.69 Å². The lowest BCUT2D eigenvalue weighted by molar-refractivity contribution is -0.591. The molecule has 0 aliphatic carbocycles. The van der Waals surface area contributed by atoms with E-state index in [-0.39, 0.29) is 4.90 Å². The van der Waals surface area contributed by atoms with E-state index < -0.39 is 16.0 Å². The largest absolute Gasteiger partial charge is 0.369 e. The monoisotopic (exact) mass is 443 g/mol. The molecule has 7 heteroatoms. The van der Waals surface area contributed by atoms with Gasteiger partial charge in [-0.25, -0.2) is 0 Å². The highest BCUT2D eigenvalue weighted by Crippen LogP contribution is 2.26. The van der Waals surface area contributed by atoms with E-state index in [1.54, 1.807) is 12.1 Å². The molecule has 0 aliphatic rings. The van der Waals surface area contributed by atoms with E-state index in [9.17, 15) is 8.42 Å². The van der Waals surface area contributed by atoms with E-state index >= 15 is 0 Å². The van der Waals surface area contributed by atoms with Crippen molar-refractivity contribution in [2.45, 2.75) is 11.8 Å². The minimum absolute atomic E-state index is 0.0232. The summed E-state index contributed by atoms with van der Waals surface area (Å²) < 4.78 is 30.0. The van der Waals surface area contributed by atoms with Gasteiger partial charge >= 0.3 is 0 Å². The number of aryl methyl sites for hydroxylation is 1. The molecule has 0 atom stereocenters. The van der Waals surface area contributed by atoms with E-state index in [2.05, 4.69) is 45.4 Å². The maximum absolute atomic E-state index is 12.3. The summed E-state index contributed by atoms with van der Waals surface area (Å²) in [6.07, 6.45) is 0. The highest BCUT2D eigenvalue weighted by atomic mass is 32.2. The molecule has 4 N–H and O–H groups in total. The Labute approximate surface area is 187 Å². The highest BCUT2D eigenvalue weighted by molar-refractivity contribution is 7.90. The molecule has 0 bridgehead atoms. The predicted octanol–water partition coefficient (Wildman–Crippen LogP) is 3.57. The van der Waals surface area contributed by atoms with E-state index in [0.29, 0.717) is 0 Å². The maximum atomic E-state index is 12.3. The number of hydrogen-bond acceptors (Lipinski definition) is 2. The molecule has 0 amide bonds. The van der Waals surface area contributed by atoms with Crippen molar-refractivity contribution in [3.8, 4) is 28.1 Å². The van der Waals surface area contributed by atoms with Crippen molar-refractivity contribution in [3.63, 3.8) is 0 Å². The molecule has 32 heavy (non-hydrogen) atoms. The Morgan fingerprint density at radius 1 is 0.750 bits per heavy atom. The summed E-state index contributed by atoms with van der Waals surface area (Å²) in [5.41, 5.74) is 16.6. The summed E-state index contributed by atoms with van der Waals surface area (Å²) in [7, 11) is -3.94. The molecule has 4 rings (SSSR count). The van der Waals surface area contributed by atoms with Gasteiger partial charge in [0.2, 0.25) is 17.3 Å². The highest BCUT2D eigenvalue weighted by Gasteiger charge is 2.22. The number of nitrogens with zero attached hydrogens (tertiary/aromatic N) is 2. The van der Waals surface area contributed by atoms with Crippen LogP contribution in [-0.2, 0) is 10.0 Å². The molecule has 4 aromatic rings. The molecule has 0 radical (unpaired) electrons. The van der Waals surface area contributed by atoms with E-state index in [4.69, 9.17) is 11.5 Å². The summed E-state index contributed by atoms with van der Waals surface area (Å²) in [6.45, 7) is 2.03. The fourth-order valence-corrected chi connectivity index (χ4v) is 4.52. The lowest BCUT2D eigenvalue weighted by Gasteiger charge is -2.10. The smallest absolute Gasteiger partial charge is 0.285 e. The van der Waals surface area contributed by atoms with Crippen LogP contribution in [0, 0.1) is 6.92 Å². The summed E-state index contributed by atoms with van der Waals surface area (Å²) in [6, 6.07) is 31.0. The molecule has 0 fully saturated rings. The van der Waals surface area contributed by atoms with E-state index in [1.807, 2.05) is 43.3 Å². The van der Waals surface area contributed by atoms with Gasteiger partial charge in [-0.1, -0.05) is 48.5 Å². The van der Waals surface area contributed by atoms with Crippen molar-refractivity contribution < 1.29 is 13.0 Å². The van der Waals surface area contributed by atoms with Crippen LogP contribution in [0.2, 0.25) is 0 Å². The second-order valence-corrected chi connectivity index (χ2v) is 8.93. The average molecular weight is 444 g/mol. The number of sulfonamides is 1. The van der Waals surface area contributed by atoms with Gasteiger partial charge in [0.25, 0.3) is 10.0 Å². The molecular weight excluding hydrogens is 420 g/mol.